The van der Waals surface area contributed by atoms with Gasteiger partial charge < -0.3 is 13.3 Å². The number of hydrogen-bond acceptors (Lipinski definition) is 4. The minimum absolute atomic E-state index is 0.324. The van der Waals surface area contributed by atoms with Gasteiger partial charge >= 0.3 is 8.80 Å². The summed E-state index contributed by atoms with van der Waals surface area (Å²) in [6.07, 6.45) is 3.00. The minimum atomic E-state index is -2.54. The van der Waals surface area contributed by atoms with Crippen molar-refractivity contribution < 1.29 is 18.1 Å². The fourth-order valence-corrected chi connectivity index (χ4v) is 4.52. The van der Waals surface area contributed by atoms with Crippen molar-refractivity contribution in [1.82, 2.24) is 0 Å². The van der Waals surface area contributed by atoms with Gasteiger partial charge in [0.1, 0.15) is 5.78 Å². The predicted molar refractivity (Wildman–Crippen MR) is 74.6 cm³/mol. The van der Waals surface area contributed by atoms with Crippen LogP contribution in [0.1, 0.15) is 53.4 Å². The molecule has 0 amide bonds. The number of ketones is 1. The van der Waals surface area contributed by atoms with Crippen molar-refractivity contribution >= 4 is 14.6 Å². The van der Waals surface area contributed by atoms with Crippen LogP contribution in [0.4, 0.5) is 0 Å². The SMILES string of the molecule is CCCC(=O)CCC[Si](OCC)(OCC)OCC. The Morgan fingerprint density at radius 3 is 1.78 bits per heavy atom. The van der Waals surface area contributed by atoms with Gasteiger partial charge in [0.15, 0.2) is 0 Å². The molecular formula is C13H28O4Si. The molecule has 0 aliphatic heterocycles. The molecule has 0 rings (SSSR count). The minimum Gasteiger partial charge on any atom is -0.374 e. The van der Waals surface area contributed by atoms with Crippen molar-refractivity contribution in [3.05, 3.63) is 0 Å². The summed E-state index contributed by atoms with van der Waals surface area (Å²) < 4.78 is 17.2. The van der Waals surface area contributed by atoms with Gasteiger partial charge in [-0.15, -0.1) is 0 Å². The summed E-state index contributed by atoms with van der Waals surface area (Å²) in [7, 11) is -2.54. The lowest BCUT2D eigenvalue weighted by molar-refractivity contribution is -0.119. The second-order valence-electron chi connectivity index (χ2n) is 4.12. The average Bonchev–Trinajstić information content (AvgIpc) is 2.30. The molecule has 4 nitrogen and oxygen atoms in total. The molecule has 5 heteroatoms. The predicted octanol–water partition coefficient (Wildman–Crippen LogP) is 3.18. The van der Waals surface area contributed by atoms with Gasteiger partial charge in [-0.05, 0) is 33.6 Å². The Hall–Kier alpha value is -0.233. The summed E-state index contributed by atoms with van der Waals surface area (Å²) in [6.45, 7) is 9.64. The van der Waals surface area contributed by atoms with Crippen molar-refractivity contribution in [2.75, 3.05) is 19.8 Å². The molecule has 0 aliphatic carbocycles. The molecule has 18 heavy (non-hydrogen) atoms. The maximum Gasteiger partial charge on any atom is 0.500 e. The zero-order chi connectivity index (χ0) is 13.9. The highest BCUT2D eigenvalue weighted by Crippen LogP contribution is 2.19. The third-order valence-corrected chi connectivity index (χ3v) is 5.71. The van der Waals surface area contributed by atoms with Crippen LogP contribution in [-0.2, 0) is 18.1 Å². The Kier molecular flexibility index (Phi) is 10.5. The largest absolute Gasteiger partial charge is 0.500 e. The smallest absolute Gasteiger partial charge is 0.374 e. The Labute approximate surface area is 112 Å². The highest BCUT2D eigenvalue weighted by molar-refractivity contribution is 6.60. The van der Waals surface area contributed by atoms with Crippen LogP contribution in [-0.4, -0.2) is 34.4 Å². The van der Waals surface area contributed by atoms with E-state index < -0.39 is 8.80 Å². The van der Waals surface area contributed by atoms with E-state index >= 15 is 0 Å². The van der Waals surface area contributed by atoms with Gasteiger partial charge in [-0.2, -0.15) is 0 Å². The molecule has 0 spiro atoms. The van der Waals surface area contributed by atoms with E-state index in [-0.39, 0.29) is 0 Å². The Balaban J connectivity index is 4.24. The van der Waals surface area contributed by atoms with E-state index in [9.17, 15) is 4.79 Å². The van der Waals surface area contributed by atoms with Gasteiger partial charge in [-0.25, -0.2) is 0 Å². The van der Waals surface area contributed by atoms with E-state index in [1.807, 2.05) is 27.7 Å². The molecule has 0 aromatic carbocycles. The number of carbonyl (C=O) groups is 1. The molecule has 0 saturated carbocycles. The summed E-state index contributed by atoms with van der Waals surface area (Å²) in [6, 6.07) is 0.734. The van der Waals surface area contributed by atoms with Crippen LogP contribution in [0, 0.1) is 0 Å². The topological polar surface area (TPSA) is 44.8 Å². The number of hydrogen-bond donors (Lipinski definition) is 0. The zero-order valence-corrected chi connectivity index (χ0v) is 13.3. The third-order valence-electron chi connectivity index (χ3n) is 2.56. The lowest BCUT2D eigenvalue weighted by atomic mass is 10.1. The van der Waals surface area contributed by atoms with Crippen LogP contribution >= 0.6 is 0 Å². The van der Waals surface area contributed by atoms with Crippen molar-refractivity contribution in [2.45, 2.75) is 59.4 Å². The van der Waals surface area contributed by atoms with Gasteiger partial charge in [0, 0.05) is 38.7 Å². The fourth-order valence-electron chi connectivity index (χ4n) is 1.91. The first-order valence-electron chi connectivity index (χ1n) is 7.07. The van der Waals surface area contributed by atoms with Gasteiger partial charge in [0.2, 0.25) is 0 Å². The fraction of sp³-hybridized carbons (Fsp3) is 0.923. The monoisotopic (exact) mass is 276 g/mol. The Bertz CT molecular complexity index is 204. The molecule has 0 unspecified atom stereocenters. The van der Waals surface area contributed by atoms with E-state index in [0.29, 0.717) is 38.4 Å². The molecule has 0 N–H and O–H groups in total. The van der Waals surface area contributed by atoms with Crippen LogP contribution in [0.5, 0.6) is 0 Å². The molecule has 108 valence electrons. The van der Waals surface area contributed by atoms with Gasteiger partial charge in [-0.3, -0.25) is 4.79 Å². The van der Waals surface area contributed by atoms with Crippen molar-refractivity contribution in [3.8, 4) is 0 Å². The molecule has 0 radical (unpaired) electrons. The molecule has 0 aromatic heterocycles. The van der Waals surface area contributed by atoms with Crippen molar-refractivity contribution in [1.29, 1.82) is 0 Å². The van der Waals surface area contributed by atoms with Crippen molar-refractivity contribution in [3.63, 3.8) is 0 Å². The normalized spacial score (nSPS) is 11.8. The van der Waals surface area contributed by atoms with Crippen LogP contribution in [0.25, 0.3) is 0 Å². The average molecular weight is 276 g/mol. The van der Waals surface area contributed by atoms with E-state index in [0.717, 1.165) is 18.9 Å². The van der Waals surface area contributed by atoms with Crippen LogP contribution in [0.15, 0.2) is 0 Å². The maximum atomic E-state index is 11.5. The quantitative estimate of drug-likeness (QED) is 0.514. The van der Waals surface area contributed by atoms with Crippen molar-refractivity contribution in [2.24, 2.45) is 0 Å². The lowest BCUT2D eigenvalue weighted by Crippen LogP contribution is -2.46. The number of rotatable bonds is 12. The molecule has 0 atom stereocenters. The Morgan fingerprint density at radius 1 is 0.889 bits per heavy atom. The highest BCUT2D eigenvalue weighted by Gasteiger charge is 2.39. The first-order chi connectivity index (χ1) is 8.64. The molecule has 0 bridgehead atoms. The summed E-state index contributed by atoms with van der Waals surface area (Å²) >= 11 is 0. The lowest BCUT2D eigenvalue weighted by Gasteiger charge is -2.28. The zero-order valence-electron chi connectivity index (χ0n) is 12.3. The van der Waals surface area contributed by atoms with Crippen LogP contribution in [0.2, 0.25) is 6.04 Å². The van der Waals surface area contributed by atoms with E-state index in [1.54, 1.807) is 0 Å². The molecule has 0 aliphatic rings. The highest BCUT2D eigenvalue weighted by atomic mass is 28.4. The van der Waals surface area contributed by atoms with E-state index in [2.05, 4.69) is 0 Å². The first-order valence-corrected chi connectivity index (χ1v) is 9.00. The number of carbonyl (C=O) groups excluding carboxylic acids is 1. The summed E-state index contributed by atoms with van der Waals surface area (Å²) in [5, 5.41) is 0. The van der Waals surface area contributed by atoms with Gasteiger partial charge in [0.05, 0.1) is 0 Å². The number of Topliss-reactive ketones (excluding diaryl/α,β-unsaturated/α-hetero) is 1. The molecular weight excluding hydrogens is 248 g/mol. The second kappa shape index (κ2) is 10.7. The molecule has 0 heterocycles. The summed E-state index contributed by atoms with van der Waals surface area (Å²) in [5.41, 5.74) is 0. The molecule has 0 aromatic rings. The van der Waals surface area contributed by atoms with Crippen LogP contribution in [0.3, 0.4) is 0 Å². The van der Waals surface area contributed by atoms with Gasteiger partial charge in [0.25, 0.3) is 0 Å². The van der Waals surface area contributed by atoms with E-state index in [1.165, 1.54) is 0 Å². The Morgan fingerprint density at radius 2 is 1.39 bits per heavy atom. The van der Waals surface area contributed by atoms with E-state index in [4.69, 9.17) is 13.3 Å². The summed E-state index contributed by atoms with van der Waals surface area (Å²) in [4.78, 5) is 11.5. The first kappa shape index (κ1) is 17.8. The third kappa shape index (κ3) is 7.26. The molecule has 0 fully saturated rings. The standard InChI is InChI=1S/C13H28O4Si/c1-5-10-13(14)11-9-12-18(15-6-2,16-7-3)17-8-4/h5-12H2,1-4H3. The van der Waals surface area contributed by atoms with Gasteiger partial charge in [-0.1, -0.05) is 6.92 Å². The summed E-state index contributed by atoms with van der Waals surface area (Å²) in [5.74, 6) is 0.324. The molecule has 0 saturated heterocycles. The van der Waals surface area contributed by atoms with Crippen LogP contribution < -0.4 is 0 Å². The maximum absolute atomic E-state index is 11.5. The second-order valence-corrected chi connectivity index (χ2v) is 6.86.